The molecule has 0 bridgehead atoms. The van der Waals surface area contributed by atoms with Gasteiger partial charge < -0.3 is 10.6 Å². The molecule has 1 atom stereocenters. The lowest BCUT2D eigenvalue weighted by Gasteiger charge is -2.15. The average molecular weight is 260 g/mol. The molecule has 2 rings (SSSR count). The zero-order valence-electron chi connectivity index (χ0n) is 11.2. The van der Waals surface area contributed by atoms with Crippen LogP contribution in [0.2, 0.25) is 0 Å². The molecule has 4 heteroatoms. The van der Waals surface area contributed by atoms with Crippen molar-refractivity contribution in [3.63, 3.8) is 0 Å². The summed E-state index contributed by atoms with van der Waals surface area (Å²) in [7, 11) is 0. The quantitative estimate of drug-likeness (QED) is 0.861. The standard InChI is InChI=1S/C15H20N2O2/c1-11-5-7-12(8-6-11)10-14(18)17-13-4-2-3-9-16-15(13)19/h5-8,13H,2-4,9-10H2,1H3,(H,16,19)(H,17,18). The van der Waals surface area contributed by atoms with Gasteiger partial charge in [-0.3, -0.25) is 9.59 Å². The van der Waals surface area contributed by atoms with Gasteiger partial charge in [0.25, 0.3) is 0 Å². The summed E-state index contributed by atoms with van der Waals surface area (Å²) in [5, 5.41) is 5.64. The Morgan fingerprint density at radius 1 is 1.32 bits per heavy atom. The number of carbonyl (C=O) groups is 2. The largest absolute Gasteiger partial charge is 0.354 e. The van der Waals surface area contributed by atoms with E-state index in [2.05, 4.69) is 10.6 Å². The van der Waals surface area contributed by atoms with Crippen LogP contribution >= 0.6 is 0 Å². The van der Waals surface area contributed by atoms with Gasteiger partial charge in [0.1, 0.15) is 6.04 Å². The first-order valence-corrected chi connectivity index (χ1v) is 6.78. The summed E-state index contributed by atoms with van der Waals surface area (Å²) in [6.07, 6.45) is 3.00. The van der Waals surface area contributed by atoms with Gasteiger partial charge in [-0.15, -0.1) is 0 Å². The second kappa shape index (κ2) is 6.36. The van der Waals surface area contributed by atoms with E-state index in [-0.39, 0.29) is 17.9 Å². The second-order valence-electron chi connectivity index (χ2n) is 5.07. The Labute approximate surface area is 113 Å². The number of hydrogen-bond donors (Lipinski definition) is 2. The number of amides is 2. The Bertz CT molecular complexity index is 454. The van der Waals surface area contributed by atoms with Crippen LogP contribution in [0.3, 0.4) is 0 Å². The van der Waals surface area contributed by atoms with Crippen molar-refractivity contribution in [2.24, 2.45) is 0 Å². The Balaban J connectivity index is 1.89. The predicted molar refractivity (Wildman–Crippen MR) is 73.7 cm³/mol. The third-order valence-electron chi connectivity index (χ3n) is 3.36. The normalized spacial score (nSPS) is 19.4. The molecule has 0 aliphatic carbocycles. The molecule has 102 valence electrons. The van der Waals surface area contributed by atoms with E-state index in [1.165, 1.54) is 5.56 Å². The van der Waals surface area contributed by atoms with Crippen molar-refractivity contribution in [3.05, 3.63) is 35.4 Å². The number of carbonyl (C=O) groups excluding carboxylic acids is 2. The summed E-state index contributed by atoms with van der Waals surface area (Å²) < 4.78 is 0. The van der Waals surface area contributed by atoms with Gasteiger partial charge in [0.15, 0.2) is 0 Å². The topological polar surface area (TPSA) is 58.2 Å². The lowest BCUT2D eigenvalue weighted by atomic mass is 10.1. The summed E-state index contributed by atoms with van der Waals surface area (Å²) in [5.41, 5.74) is 2.14. The van der Waals surface area contributed by atoms with Crippen molar-refractivity contribution in [1.29, 1.82) is 0 Å². The number of hydrogen-bond acceptors (Lipinski definition) is 2. The molecule has 0 aromatic heterocycles. The van der Waals surface area contributed by atoms with Crippen LogP contribution in [0.1, 0.15) is 30.4 Å². The van der Waals surface area contributed by atoms with E-state index in [0.29, 0.717) is 13.0 Å². The molecule has 4 nitrogen and oxygen atoms in total. The van der Waals surface area contributed by atoms with Crippen molar-refractivity contribution in [1.82, 2.24) is 10.6 Å². The van der Waals surface area contributed by atoms with Gasteiger partial charge in [0.2, 0.25) is 11.8 Å². The Morgan fingerprint density at radius 3 is 2.79 bits per heavy atom. The van der Waals surface area contributed by atoms with Gasteiger partial charge >= 0.3 is 0 Å². The van der Waals surface area contributed by atoms with E-state index in [1.54, 1.807) is 0 Å². The van der Waals surface area contributed by atoms with Crippen molar-refractivity contribution in [3.8, 4) is 0 Å². The molecule has 0 saturated carbocycles. The van der Waals surface area contributed by atoms with Gasteiger partial charge in [0.05, 0.1) is 6.42 Å². The highest BCUT2D eigenvalue weighted by Crippen LogP contribution is 2.07. The number of rotatable bonds is 3. The molecule has 2 N–H and O–H groups in total. The minimum absolute atomic E-state index is 0.0604. The Hall–Kier alpha value is -1.84. The maximum atomic E-state index is 11.9. The molecular formula is C15H20N2O2. The maximum absolute atomic E-state index is 11.9. The minimum atomic E-state index is -0.375. The summed E-state index contributed by atoms with van der Waals surface area (Å²) in [6.45, 7) is 2.73. The zero-order valence-corrected chi connectivity index (χ0v) is 11.2. The van der Waals surface area contributed by atoms with Crippen LogP contribution < -0.4 is 10.6 Å². The molecule has 1 aromatic rings. The number of nitrogens with one attached hydrogen (secondary N) is 2. The molecule has 1 aromatic carbocycles. The van der Waals surface area contributed by atoms with E-state index in [4.69, 9.17) is 0 Å². The Kier molecular flexibility index (Phi) is 4.55. The summed E-state index contributed by atoms with van der Waals surface area (Å²) >= 11 is 0. The van der Waals surface area contributed by atoms with Gasteiger partial charge in [0, 0.05) is 6.54 Å². The number of benzene rings is 1. The monoisotopic (exact) mass is 260 g/mol. The fourth-order valence-electron chi connectivity index (χ4n) is 2.21. The smallest absolute Gasteiger partial charge is 0.242 e. The molecular weight excluding hydrogens is 240 g/mol. The highest BCUT2D eigenvalue weighted by molar-refractivity contribution is 5.88. The van der Waals surface area contributed by atoms with Gasteiger partial charge in [-0.05, 0) is 31.7 Å². The van der Waals surface area contributed by atoms with Crippen LogP contribution in [0.25, 0.3) is 0 Å². The van der Waals surface area contributed by atoms with Crippen LogP contribution in [0.5, 0.6) is 0 Å². The summed E-state index contributed by atoms with van der Waals surface area (Å²) in [6, 6.07) is 7.49. The van der Waals surface area contributed by atoms with E-state index >= 15 is 0 Å². The molecule has 0 radical (unpaired) electrons. The van der Waals surface area contributed by atoms with E-state index in [1.807, 2.05) is 31.2 Å². The number of aryl methyl sites for hydroxylation is 1. The van der Waals surface area contributed by atoms with Crippen molar-refractivity contribution < 1.29 is 9.59 Å². The molecule has 1 saturated heterocycles. The van der Waals surface area contributed by atoms with Crippen LogP contribution in [-0.4, -0.2) is 24.4 Å². The summed E-state index contributed by atoms with van der Waals surface area (Å²) in [4.78, 5) is 23.7. The zero-order chi connectivity index (χ0) is 13.7. The van der Waals surface area contributed by atoms with Crippen molar-refractivity contribution in [2.45, 2.75) is 38.6 Å². The molecule has 19 heavy (non-hydrogen) atoms. The molecule has 1 aliphatic rings. The van der Waals surface area contributed by atoms with Gasteiger partial charge in [-0.1, -0.05) is 29.8 Å². The molecule has 1 aliphatic heterocycles. The first kappa shape index (κ1) is 13.6. The second-order valence-corrected chi connectivity index (χ2v) is 5.07. The molecule has 1 unspecified atom stereocenters. The minimum Gasteiger partial charge on any atom is -0.354 e. The van der Waals surface area contributed by atoms with E-state index in [0.717, 1.165) is 24.8 Å². The van der Waals surface area contributed by atoms with Crippen LogP contribution in [0.15, 0.2) is 24.3 Å². The predicted octanol–water partition coefficient (Wildman–Crippen LogP) is 1.32. The lowest BCUT2D eigenvalue weighted by Crippen LogP contribution is -2.45. The van der Waals surface area contributed by atoms with E-state index in [9.17, 15) is 9.59 Å². The first-order chi connectivity index (χ1) is 9.15. The summed E-state index contributed by atoms with van der Waals surface area (Å²) in [5.74, 6) is -0.152. The Morgan fingerprint density at radius 2 is 2.05 bits per heavy atom. The average Bonchev–Trinajstić information content (AvgIpc) is 2.58. The van der Waals surface area contributed by atoms with Gasteiger partial charge in [-0.25, -0.2) is 0 Å². The highest BCUT2D eigenvalue weighted by Gasteiger charge is 2.22. The van der Waals surface area contributed by atoms with Crippen molar-refractivity contribution >= 4 is 11.8 Å². The SMILES string of the molecule is Cc1ccc(CC(=O)NC2CCCCNC2=O)cc1. The van der Waals surface area contributed by atoms with Gasteiger partial charge in [-0.2, -0.15) is 0 Å². The molecule has 1 fully saturated rings. The fraction of sp³-hybridized carbons (Fsp3) is 0.467. The first-order valence-electron chi connectivity index (χ1n) is 6.78. The molecule has 0 spiro atoms. The third kappa shape index (κ3) is 4.09. The van der Waals surface area contributed by atoms with Crippen LogP contribution in [0.4, 0.5) is 0 Å². The van der Waals surface area contributed by atoms with E-state index < -0.39 is 0 Å². The highest BCUT2D eigenvalue weighted by atomic mass is 16.2. The van der Waals surface area contributed by atoms with Crippen molar-refractivity contribution in [2.75, 3.05) is 6.54 Å². The molecule has 2 amide bonds. The fourth-order valence-corrected chi connectivity index (χ4v) is 2.21. The van der Waals surface area contributed by atoms with Crippen LogP contribution in [0, 0.1) is 6.92 Å². The van der Waals surface area contributed by atoms with Crippen LogP contribution in [-0.2, 0) is 16.0 Å². The third-order valence-corrected chi connectivity index (χ3v) is 3.36. The molecule has 1 heterocycles. The maximum Gasteiger partial charge on any atom is 0.242 e. The lowest BCUT2D eigenvalue weighted by molar-refractivity contribution is -0.128.